The van der Waals surface area contributed by atoms with E-state index in [4.69, 9.17) is 5.73 Å². The molecule has 0 saturated carbocycles. The zero-order valence-electron chi connectivity index (χ0n) is 10.8. The predicted molar refractivity (Wildman–Crippen MR) is 72.7 cm³/mol. The molecule has 0 fully saturated rings. The minimum absolute atomic E-state index is 0.00133. The molecule has 1 amide bonds. The van der Waals surface area contributed by atoms with Gasteiger partial charge < -0.3 is 11.1 Å². The molecule has 0 unspecified atom stereocenters. The van der Waals surface area contributed by atoms with Gasteiger partial charge in [0, 0.05) is 6.54 Å². The molecule has 0 heterocycles. The third kappa shape index (κ3) is 9.04. The predicted octanol–water partition coefficient (Wildman–Crippen LogP) is 2.01. The van der Waals surface area contributed by atoms with E-state index in [2.05, 4.69) is 25.4 Å². The van der Waals surface area contributed by atoms with Gasteiger partial charge in [0.2, 0.25) is 5.91 Å². The number of thioether (sulfide) groups is 1. The standard InChI is InChI=1S/C12H26N2OS/c1-10(2)9-11(13)12(15)14-7-5-4-6-8-16-3/h10-11H,4-9,13H2,1-3H3,(H,14,15)/t11-/m0/s1. The Balaban J connectivity index is 3.42. The fraction of sp³-hybridized carbons (Fsp3) is 0.917. The lowest BCUT2D eigenvalue weighted by molar-refractivity contribution is -0.122. The molecule has 4 heteroatoms. The zero-order valence-corrected chi connectivity index (χ0v) is 11.6. The average molecular weight is 246 g/mol. The molecule has 16 heavy (non-hydrogen) atoms. The van der Waals surface area contributed by atoms with Crippen LogP contribution in [-0.4, -0.2) is 30.5 Å². The van der Waals surface area contributed by atoms with Crippen molar-refractivity contribution < 1.29 is 4.79 Å². The topological polar surface area (TPSA) is 55.1 Å². The zero-order chi connectivity index (χ0) is 12.4. The van der Waals surface area contributed by atoms with Crippen LogP contribution in [0, 0.1) is 5.92 Å². The SMILES string of the molecule is CSCCCCCNC(=O)[C@@H](N)CC(C)C. The van der Waals surface area contributed by atoms with Crippen LogP contribution in [0.4, 0.5) is 0 Å². The van der Waals surface area contributed by atoms with E-state index in [9.17, 15) is 4.79 Å². The quantitative estimate of drug-likeness (QED) is 0.612. The van der Waals surface area contributed by atoms with Gasteiger partial charge in [0.05, 0.1) is 6.04 Å². The monoisotopic (exact) mass is 246 g/mol. The highest BCUT2D eigenvalue weighted by Gasteiger charge is 2.13. The molecule has 96 valence electrons. The summed E-state index contributed by atoms with van der Waals surface area (Å²) in [5, 5.41) is 2.89. The van der Waals surface area contributed by atoms with Gasteiger partial charge in [-0.2, -0.15) is 11.8 Å². The number of hydrogen-bond acceptors (Lipinski definition) is 3. The molecule has 3 N–H and O–H groups in total. The number of unbranched alkanes of at least 4 members (excludes halogenated alkanes) is 2. The first-order valence-corrected chi connectivity index (χ1v) is 7.49. The smallest absolute Gasteiger partial charge is 0.236 e. The first kappa shape index (κ1) is 15.8. The third-order valence-electron chi connectivity index (χ3n) is 2.39. The molecule has 0 aliphatic carbocycles. The van der Waals surface area contributed by atoms with Crippen molar-refractivity contribution in [1.29, 1.82) is 0 Å². The highest BCUT2D eigenvalue weighted by atomic mass is 32.2. The van der Waals surface area contributed by atoms with Crippen molar-refractivity contribution in [1.82, 2.24) is 5.32 Å². The number of carbonyl (C=O) groups is 1. The molecule has 0 bridgehead atoms. The largest absolute Gasteiger partial charge is 0.355 e. The molecule has 0 saturated heterocycles. The third-order valence-corrected chi connectivity index (χ3v) is 3.08. The van der Waals surface area contributed by atoms with Gasteiger partial charge in [-0.1, -0.05) is 20.3 Å². The van der Waals surface area contributed by atoms with E-state index in [1.807, 2.05) is 11.8 Å². The second-order valence-electron chi connectivity index (χ2n) is 4.58. The first-order chi connectivity index (χ1) is 7.57. The van der Waals surface area contributed by atoms with Gasteiger partial charge in [-0.05, 0) is 37.2 Å². The molecule has 0 spiro atoms. The molecule has 0 aromatic rings. The van der Waals surface area contributed by atoms with E-state index in [0.717, 1.165) is 19.4 Å². The molecular formula is C12H26N2OS. The summed E-state index contributed by atoms with van der Waals surface area (Å²) >= 11 is 1.87. The van der Waals surface area contributed by atoms with Crippen molar-refractivity contribution in [3.8, 4) is 0 Å². The second kappa shape index (κ2) is 9.97. The Kier molecular flexibility index (Phi) is 9.83. The van der Waals surface area contributed by atoms with Crippen molar-refractivity contribution in [2.24, 2.45) is 11.7 Å². The number of rotatable bonds is 9. The van der Waals surface area contributed by atoms with Crippen LogP contribution in [0.25, 0.3) is 0 Å². The van der Waals surface area contributed by atoms with Crippen LogP contribution >= 0.6 is 11.8 Å². The molecule has 0 rings (SSSR count). The summed E-state index contributed by atoms with van der Waals surface area (Å²) in [5.74, 6) is 1.68. The van der Waals surface area contributed by atoms with Gasteiger partial charge in [-0.15, -0.1) is 0 Å². The van der Waals surface area contributed by atoms with E-state index in [1.165, 1.54) is 18.6 Å². The van der Waals surface area contributed by atoms with Gasteiger partial charge in [-0.3, -0.25) is 4.79 Å². The fourth-order valence-electron chi connectivity index (χ4n) is 1.51. The molecule has 3 nitrogen and oxygen atoms in total. The molecule has 0 aliphatic rings. The first-order valence-electron chi connectivity index (χ1n) is 6.10. The minimum Gasteiger partial charge on any atom is -0.355 e. The maximum Gasteiger partial charge on any atom is 0.236 e. The van der Waals surface area contributed by atoms with Crippen LogP contribution in [0.3, 0.4) is 0 Å². The average Bonchev–Trinajstić information content (AvgIpc) is 2.21. The summed E-state index contributed by atoms with van der Waals surface area (Å²) in [7, 11) is 0. The normalized spacial score (nSPS) is 12.8. The number of amides is 1. The molecular weight excluding hydrogens is 220 g/mol. The van der Waals surface area contributed by atoms with E-state index in [-0.39, 0.29) is 11.9 Å². The van der Waals surface area contributed by atoms with Gasteiger partial charge in [0.15, 0.2) is 0 Å². The van der Waals surface area contributed by atoms with Gasteiger partial charge >= 0.3 is 0 Å². The number of nitrogens with one attached hydrogen (secondary N) is 1. The Labute approximate surface area is 104 Å². The minimum atomic E-state index is -0.341. The Morgan fingerprint density at radius 1 is 1.31 bits per heavy atom. The summed E-state index contributed by atoms with van der Waals surface area (Å²) in [6, 6.07) is -0.341. The summed E-state index contributed by atoms with van der Waals surface area (Å²) < 4.78 is 0. The Morgan fingerprint density at radius 2 is 2.00 bits per heavy atom. The maximum absolute atomic E-state index is 11.5. The van der Waals surface area contributed by atoms with Gasteiger partial charge in [-0.25, -0.2) is 0 Å². The van der Waals surface area contributed by atoms with E-state index < -0.39 is 0 Å². The Bertz CT molecular complexity index is 186. The lowest BCUT2D eigenvalue weighted by atomic mass is 10.0. The summed E-state index contributed by atoms with van der Waals surface area (Å²) in [6.45, 7) is 4.92. The highest BCUT2D eigenvalue weighted by molar-refractivity contribution is 7.98. The van der Waals surface area contributed by atoms with E-state index >= 15 is 0 Å². The van der Waals surface area contributed by atoms with E-state index in [1.54, 1.807) is 0 Å². The number of carbonyl (C=O) groups excluding carboxylic acids is 1. The van der Waals surface area contributed by atoms with Crippen molar-refractivity contribution in [2.75, 3.05) is 18.6 Å². The Morgan fingerprint density at radius 3 is 2.56 bits per heavy atom. The Hall–Kier alpha value is -0.220. The summed E-state index contributed by atoms with van der Waals surface area (Å²) in [5.41, 5.74) is 5.77. The van der Waals surface area contributed by atoms with Crippen LogP contribution in [0.15, 0.2) is 0 Å². The fourth-order valence-corrected chi connectivity index (χ4v) is 2.00. The highest BCUT2D eigenvalue weighted by Crippen LogP contribution is 2.03. The molecule has 0 aromatic heterocycles. The second-order valence-corrected chi connectivity index (χ2v) is 5.57. The van der Waals surface area contributed by atoms with Crippen LogP contribution in [0.5, 0.6) is 0 Å². The van der Waals surface area contributed by atoms with Gasteiger partial charge in [0.25, 0.3) is 0 Å². The molecule has 1 atom stereocenters. The van der Waals surface area contributed by atoms with Crippen LogP contribution in [0.1, 0.15) is 39.5 Å². The summed E-state index contributed by atoms with van der Waals surface area (Å²) in [4.78, 5) is 11.5. The van der Waals surface area contributed by atoms with Crippen molar-refractivity contribution in [3.63, 3.8) is 0 Å². The number of nitrogens with two attached hydrogens (primary N) is 1. The van der Waals surface area contributed by atoms with Crippen LogP contribution in [0.2, 0.25) is 0 Å². The van der Waals surface area contributed by atoms with Crippen molar-refractivity contribution in [2.45, 2.75) is 45.6 Å². The van der Waals surface area contributed by atoms with Crippen LogP contribution in [-0.2, 0) is 4.79 Å². The molecule has 0 radical (unpaired) electrons. The van der Waals surface area contributed by atoms with E-state index in [0.29, 0.717) is 5.92 Å². The van der Waals surface area contributed by atoms with Gasteiger partial charge in [0.1, 0.15) is 0 Å². The lowest BCUT2D eigenvalue weighted by Crippen LogP contribution is -2.41. The molecule has 0 aromatic carbocycles. The maximum atomic E-state index is 11.5. The summed E-state index contributed by atoms with van der Waals surface area (Å²) in [6.07, 6.45) is 6.35. The number of hydrogen-bond donors (Lipinski definition) is 2. The lowest BCUT2D eigenvalue weighted by Gasteiger charge is -2.13. The molecule has 0 aliphatic heterocycles. The van der Waals surface area contributed by atoms with Crippen LogP contribution < -0.4 is 11.1 Å². The van der Waals surface area contributed by atoms with Crippen molar-refractivity contribution >= 4 is 17.7 Å². The van der Waals surface area contributed by atoms with Crippen molar-refractivity contribution in [3.05, 3.63) is 0 Å².